The molecule has 0 radical (unpaired) electrons. The van der Waals surface area contributed by atoms with Gasteiger partial charge in [-0.25, -0.2) is 13.1 Å². The molecule has 1 saturated heterocycles. The van der Waals surface area contributed by atoms with Crippen molar-refractivity contribution >= 4 is 15.9 Å². The Kier molecular flexibility index (Phi) is 7.43. The van der Waals surface area contributed by atoms with E-state index < -0.39 is 10.0 Å². The molecule has 1 heterocycles. The van der Waals surface area contributed by atoms with Crippen LogP contribution in [-0.4, -0.2) is 47.1 Å². The lowest BCUT2D eigenvalue weighted by atomic mass is 9.96. The van der Waals surface area contributed by atoms with Gasteiger partial charge in [0.2, 0.25) is 10.0 Å². The van der Waals surface area contributed by atoms with Crippen LogP contribution in [0.25, 0.3) is 0 Å². The highest BCUT2D eigenvalue weighted by atomic mass is 32.2. The zero-order chi connectivity index (χ0) is 19.2. The van der Waals surface area contributed by atoms with Crippen molar-refractivity contribution in [1.82, 2.24) is 15.4 Å². The van der Waals surface area contributed by atoms with Crippen LogP contribution in [-0.2, 0) is 10.0 Å². The van der Waals surface area contributed by atoms with E-state index in [1.54, 1.807) is 19.9 Å². The number of methoxy groups -OCH3 is 1. The highest BCUT2D eigenvalue weighted by Gasteiger charge is 2.22. The Hall–Kier alpha value is -1.64. The summed E-state index contributed by atoms with van der Waals surface area (Å²) in [6, 6.07) is 4.19. The number of amides is 1. The first-order valence-corrected chi connectivity index (χ1v) is 10.5. The van der Waals surface area contributed by atoms with Gasteiger partial charge in [-0.3, -0.25) is 4.79 Å². The van der Waals surface area contributed by atoms with Gasteiger partial charge in [0.1, 0.15) is 10.6 Å². The minimum Gasteiger partial charge on any atom is -0.495 e. The number of benzene rings is 1. The molecule has 2 rings (SSSR count). The van der Waals surface area contributed by atoms with Crippen molar-refractivity contribution in [1.29, 1.82) is 0 Å². The van der Waals surface area contributed by atoms with Crippen LogP contribution in [0.4, 0.5) is 0 Å². The number of hydrogen-bond acceptors (Lipinski definition) is 5. The topological polar surface area (TPSA) is 96.5 Å². The van der Waals surface area contributed by atoms with E-state index in [1.807, 2.05) is 0 Å². The van der Waals surface area contributed by atoms with Crippen molar-refractivity contribution in [2.75, 3.05) is 26.7 Å². The molecule has 7 nitrogen and oxygen atoms in total. The van der Waals surface area contributed by atoms with E-state index in [2.05, 4.69) is 15.4 Å². The average Bonchev–Trinajstić information content (AvgIpc) is 2.61. The molecule has 1 unspecified atom stereocenters. The highest BCUT2D eigenvalue weighted by molar-refractivity contribution is 7.89. The van der Waals surface area contributed by atoms with Crippen LogP contribution < -0.4 is 20.1 Å². The molecule has 0 aromatic heterocycles. The molecule has 1 fully saturated rings. The fourth-order valence-corrected chi connectivity index (χ4v) is 4.51. The second kappa shape index (κ2) is 9.34. The molecule has 0 aliphatic carbocycles. The van der Waals surface area contributed by atoms with E-state index >= 15 is 0 Å². The van der Waals surface area contributed by atoms with Crippen molar-refractivity contribution in [3.63, 3.8) is 0 Å². The van der Waals surface area contributed by atoms with Gasteiger partial charge in [-0.05, 0) is 70.3 Å². The summed E-state index contributed by atoms with van der Waals surface area (Å²) in [5, 5.41) is 6.24. The van der Waals surface area contributed by atoms with Crippen molar-refractivity contribution in [2.45, 2.75) is 44.0 Å². The monoisotopic (exact) mass is 383 g/mol. The molecular formula is C18H29N3O4S. The lowest BCUT2D eigenvalue weighted by Crippen LogP contribution is -2.33. The summed E-state index contributed by atoms with van der Waals surface area (Å²) < 4.78 is 32.6. The molecule has 146 valence electrons. The molecule has 0 spiro atoms. The third-order valence-corrected chi connectivity index (χ3v) is 6.02. The molecule has 1 atom stereocenters. The first-order chi connectivity index (χ1) is 12.3. The van der Waals surface area contributed by atoms with Crippen molar-refractivity contribution in [3.8, 4) is 5.75 Å². The predicted molar refractivity (Wildman–Crippen MR) is 101 cm³/mol. The SMILES string of the molecule is COc1ccc(C(=O)NCCC2CCCNC2)cc1S(=O)(=O)NC(C)C. The second-order valence-corrected chi connectivity index (χ2v) is 8.58. The van der Waals surface area contributed by atoms with Crippen LogP contribution in [0.3, 0.4) is 0 Å². The Labute approximate surface area is 155 Å². The van der Waals surface area contributed by atoms with Crippen LogP contribution >= 0.6 is 0 Å². The largest absolute Gasteiger partial charge is 0.495 e. The van der Waals surface area contributed by atoms with Gasteiger partial charge in [-0.2, -0.15) is 0 Å². The number of carbonyl (C=O) groups excluding carboxylic acids is 1. The summed E-state index contributed by atoms with van der Waals surface area (Å²) in [7, 11) is -2.35. The van der Waals surface area contributed by atoms with Crippen LogP contribution in [0.1, 0.15) is 43.5 Å². The number of nitrogens with one attached hydrogen (secondary N) is 3. The maximum absolute atomic E-state index is 12.5. The van der Waals surface area contributed by atoms with Crippen LogP contribution in [0, 0.1) is 5.92 Å². The number of carbonyl (C=O) groups is 1. The standard InChI is InChI=1S/C18H29N3O4S/c1-13(2)21-26(23,24)17-11-15(6-7-16(17)25-3)18(22)20-10-8-14-5-4-9-19-12-14/h6-7,11,13-14,19,21H,4-5,8-10,12H2,1-3H3,(H,20,22). The van der Waals surface area contributed by atoms with Gasteiger partial charge >= 0.3 is 0 Å². The molecule has 3 N–H and O–H groups in total. The van der Waals surface area contributed by atoms with E-state index in [4.69, 9.17) is 4.74 Å². The summed E-state index contributed by atoms with van der Waals surface area (Å²) in [6.45, 7) is 6.10. The van der Waals surface area contributed by atoms with Gasteiger partial charge in [0.05, 0.1) is 7.11 Å². The normalized spacial score (nSPS) is 17.9. The van der Waals surface area contributed by atoms with Gasteiger partial charge in [-0.1, -0.05) is 0 Å². The number of hydrogen-bond donors (Lipinski definition) is 3. The molecule has 1 amide bonds. The minimum absolute atomic E-state index is 0.0298. The lowest BCUT2D eigenvalue weighted by molar-refractivity contribution is 0.0950. The van der Waals surface area contributed by atoms with Crippen LogP contribution in [0.5, 0.6) is 5.75 Å². The number of rotatable bonds is 8. The van der Waals surface area contributed by atoms with Gasteiger partial charge in [0.15, 0.2) is 0 Å². The molecule has 1 aliphatic rings. The molecule has 1 aromatic carbocycles. The summed E-state index contributed by atoms with van der Waals surface area (Å²) in [4.78, 5) is 12.4. The molecule has 8 heteroatoms. The van der Waals surface area contributed by atoms with Crippen molar-refractivity contribution < 1.29 is 17.9 Å². The first-order valence-electron chi connectivity index (χ1n) is 9.02. The van der Waals surface area contributed by atoms with E-state index in [-0.39, 0.29) is 22.6 Å². The smallest absolute Gasteiger partial charge is 0.251 e. The Morgan fingerprint density at radius 3 is 2.77 bits per heavy atom. The van der Waals surface area contributed by atoms with E-state index in [9.17, 15) is 13.2 Å². The Morgan fingerprint density at radius 1 is 1.38 bits per heavy atom. The molecule has 0 bridgehead atoms. The Morgan fingerprint density at radius 2 is 2.15 bits per heavy atom. The number of sulfonamides is 1. The second-order valence-electron chi connectivity index (χ2n) is 6.90. The fourth-order valence-electron chi connectivity index (χ4n) is 3.06. The Bertz CT molecular complexity index is 713. The van der Waals surface area contributed by atoms with Gasteiger partial charge in [0, 0.05) is 18.2 Å². The number of piperidine rings is 1. The van der Waals surface area contributed by atoms with Crippen LogP contribution in [0.15, 0.2) is 23.1 Å². The summed E-state index contributed by atoms with van der Waals surface area (Å²) >= 11 is 0. The molecule has 1 aliphatic heterocycles. The predicted octanol–water partition coefficient (Wildman–Crippen LogP) is 1.50. The third-order valence-electron chi connectivity index (χ3n) is 4.34. The molecule has 0 saturated carbocycles. The zero-order valence-electron chi connectivity index (χ0n) is 15.7. The van der Waals surface area contributed by atoms with Crippen molar-refractivity contribution in [3.05, 3.63) is 23.8 Å². The molecular weight excluding hydrogens is 354 g/mol. The summed E-state index contributed by atoms with van der Waals surface area (Å²) in [5.74, 6) is 0.506. The average molecular weight is 384 g/mol. The lowest BCUT2D eigenvalue weighted by Gasteiger charge is -2.22. The van der Waals surface area contributed by atoms with Crippen molar-refractivity contribution in [2.24, 2.45) is 5.92 Å². The molecule has 1 aromatic rings. The third kappa shape index (κ3) is 5.69. The number of ether oxygens (including phenoxy) is 1. The maximum atomic E-state index is 12.5. The minimum atomic E-state index is -3.76. The Balaban J connectivity index is 2.06. The quantitative estimate of drug-likeness (QED) is 0.632. The zero-order valence-corrected chi connectivity index (χ0v) is 16.5. The first kappa shape index (κ1) is 20.7. The van der Waals surface area contributed by atoms with E-state index in [1.165, 1.54) is 32.1 Å². The van der Waals surface area contributed by atoms with Gasteiger partial charge in [0.25, 0.3) is 5.91 Å². The maximum Gasteiger partial charge on any atom is 0.251 e. The summed E-state index contributed by atoms with van der Waals surface area (Å²) in [6.07, 6.45) is 3.25. The van der Waals surface area contributed by atoms with E-state index in [0.717, 1.165) is 19.5 Å². The fraction of sp³-hybridized carbons (Fsp3) is 0.611. The summed E-state index contributed by atoms with van der Waals surface area (Å²) in [5.41, 5.74) is 0.303. The van der Waals surface area contributed by atoms with Crippen LogP contribution in [0.2, 0.25) is 0 Å². The molecule has 26 heavy (non-hydrogen) atoms. The van der Waals surface area contributed by atoms with Gasteiger partial charge in [-0.15, -0.1) is 0 Å². The highest BCUT2D eigenvalue weighted by Crippen LogP contribution is 2.25. The van der Waals surface area contributed by atoms with Gasteiger partial charge < -0.3 is 15.4 Å². The van der Waals surface area contributed by atoms with E-state index in [0.29, 0.717) is 18.0 Å².